The number of hydrogen-bond acceptors (Lipinski definition) is 5. The van der Waals surface area contributed by atoms with E-state index >= 15 is 0 Å². The lowest BCUT2D eigenvalue weighted by Gasteiger charge is -2.07. The number of phenolic OH excluding ortho intramolecular Hbond substituents is 1. The number of para-hydroxylation sites is 1. The first-order valence-electron chi connectivity index (χ1n) is 6.53. The minimum atomic E-state index is -0.807. The standard InChI is InChI=1S/C14H18N2O5/c1-2-7-15-12(18)8-16-13(19)9-21-14(20)10-5-3-4-6-11(10)17/h3-6,17H,2,7-9H2,1H3,(H,15,18)(H,16,19). The summed E-state index contributed by atoms with van der Waals surface area (Å²) < 4.78 is 4.74. The van der Waals surface area contributed by atoms with Crippen molar-refractivity contribution in [1.82, 2.24) is 10.6 Å². The van der Waals surface area contributed by atoms with Crippen molar-refractivity contribution in [2.24, 2.45) is 0 Å². The Bertz CT molecular complexity index is 516. The molecule has 1 aromatic carbocycles. The lowest BCUT2D eigenvalue weighted by atomic mass is 10.2. The first-order chi connectivity index (χ1) is 10.0. The van der Waals surface area contributed by atoms with E-state index in [4.69, 9.17) is 4.74 Å². The number of amides is 2. The highest BCUT2D eigenvalue weighted by Crippen LogP contribution is 2.16. The van der Waals surface area contributed by atoms with E-state index in [0.717, 1.165) is 6.42 Å². The number of aromatic hydroxyl groups is 1. The van der Waals surface area contributed by atoms with Crippen LogP contribution in [0.3, 0.4) is 0 Å². The highest BCUT2D eigenvalue weighted by atomic mass is 16.5. The SMILES string of the molecule is CCCNC(=O)CNC(=O)COC(=O)c1ccccc1O. The predicted octanol–water partition coefficient (Wildman–Crippen LogP) is 0.191. The third-order valence-corrected chi connectivity index (χ3v) is 2.48. The van der Waals surface area contributed by atoms with E-state index in [1.54, 1.807) is 12.1 Å². The molecule has 0 heterocycles. The summed E-state index contributed by atoms with van der Waals surface area (Å²) in [5.41, 5.74) is -0.0222. The fraction of sp³-hybridized carbons (Fsp3) is 0.357. The average molecular weight is 294 g/mol. The van der Waals surface area contributed by atoms with Crippen LogP contribution in [0.4, 0.5) is 0 Å². The highest BCUT2D eigenvalue weighted by molar-refractivity contribution is 5.94. The zero-order valence-corrected chi connectivity index (χ0v) is 11.7. The number of carbonyl (C=O) groups excluding carboxylic acids is 3. The van der Waals surface area contributed by atoms with Crippen LogP contribution >= 0.6 is 0 Å². The van der Waals surface area contributed by atoms with Gasteiger partial charge in [0.25, 0.3) is 5.91 Å². The number of ether oxygens (including phenoxy) is 1. The van der Waals surface area contributed by atoms with E-state index in [1.165, 1.54) is 12.1 Å². The molecule has 2 amide bonds. The summed E-state index contributed by atoms with van der Waals surface area (Å²) in [4.78, 5) is 34.3. The van der Waals surface area contributed by atoms with Gasteiger partial charge in [-0.2, -0.15) is 0 Å². The Balaban J connectivity index is 2.32. The minimum Gasteiger partial charge on any atom is -0.507 e. The van der Waals surface area contributed by atoms with E-state index in [1.807, 2.05) is 6.92 Å². The number of carbonyl (C=O) groups is 3. The largest absolute Gasteiger partial charge is 0.507 e. The molecule has 7 heteroatoms. The molecule has 0 bridgehead atoms. The third kappa shape index (κ3) is 5.94. The lowest BCUT2D eigenvalue weighted by Crippen LogP contribution is -2.38. The molecule has 21 heavy (non-hydrogen) atoms. The molecular weight excluding hydrogens is 276 g/mol. The minimum absolute atomic E-state index is 0.0222. The highest BCUT2D eigenvalue weighted by Gasteiger charge is 2.13. The molecule has 0 atom stereocenters. The molecule has 0 fully saturated rings. The van der Waals surface area contributed by atoms with Crippen LogP contribution in [0.2, 0.25) is 0 Å². The van der Waals surface area contributed by atoms with Gasteiger partial charge in [0.2, 0.25) is 5.91 Å². The fourth-order valence-corrected chi connectivity index (χ4v) is 1.41. The fourth-order valence-electron chi connectivity index (χ4n) is 1.41. The van der Waals surface area contributed by atoms with Gasteiger partial charge in [-0.25, -0.2) is 4.79 Å². The summed E-state index contributed by atoms with van der Waals surface area (Å²) >= 11 is 0. The van der Waals surface area contributed by atoms with Gasteiger partial charge in [0.15, 0.2) is 6.61 Å². The van der Waals surface area contributed by atoms with Crippen LogP contribution in [-0.4, -0.2) is 42.6 Å². The van der Waals surface area contributed by atoms with Gasteiger partial charge in [-0.15, -0.1) is 0 Å². The maximum atomic E-state index is 11.6. The van der Waals surface area contributed by atoms with E-state index in [-0.39, 0.29) is 23.8 Å². The van der Waals surface area contributed by atoms with Crippen LogP contribution in [0, 0.1) is 0 Å². The molecule has 0 spiro atoms. The van der Waals surface area contributed by atoms with Gasteiger partial charge in [0.1, 0.15) is 11.3 Å². The Morgan fingerprint density at radius 3 is 2.52 bits per heavy atom. The van der Waals surface area contributed by atoms with Crippen LogP contribution in [0.25, 0.3) is 0 Å². The molecule has 3 N–H and O–H groups in total. The van der Waals surface area contributed by atoms with Gasteiger partial charge < -0.3 is 20.5 Å². The summed E-state index contributed by atoms with van der Waals surface area (Å²) in [6.45, 7) is 1.76. The van der Waals surface area contributed by atoms with Gasteiger partial charge >= 0.3 is 5.97 Å². The number of rotatable bonds is 7. The molecular formula is C14H18N2O5. The Morgan fingerprint density at radius 2 is 1.86 bits per heavy atom. The Kier molecular flexibility index (Phi) is 6.73. The summed E-state index contributed by atoms with van der Waals surface area (Å²) in [5, 5.41) is 14.4. The molecule has 0 aromatic heterocycles. The summed E-state index contributed by atoms with van der Waals surface area (Å²) in [6, 6.07) is 5.85. The molecule has 0 unspecified atom stereocenters. The molecule has 7 nitrogen and oxygen atoms in total. The van der Waals surface area contributed by atoms with Crippen molar-refractivity contribution in [1.29, 1.82) is 0 Å². The summed E-state index contributed by atoms with van der Waals surface area (Å²) in [6.07, 6.45) is 0.803. The van der Waals surface area contributed by atoms with Gasteiger partial charge in [0, 0.05) is 6.54 Å². The van der Waals surface area contributed by atoms with Crippen molar-refractivity contribution in [3.05, 3.63) is 29.8 Å². The van der Waals surface area contributed by atoms with E-state index < -0.39 is 18.5 Å². The van der Waals surface area contributed by atoms with E-state index in [2.05, 4.69) is 10.6 Å². The van der Waals surface area contributed by atoms with Crippen molar-refractivity contribution in [2.45, 2.75) is 13.3 Å². The van der Waals surface area contributed by atoms with E-state index in [9.17, 15) is 19.5 Å². The number of esters is 1. The van der Waals surface area contributed by atoms with E-state index in [0.29, 0.717) is 6.54 Å². The van der Waals surface area contributed by atoms with Crippen molar-refractivity contribution >= 4 is 17.8 Å². The van der Waals surface area contributed by atoms with Crippen molar-refractivity contribution in [3.63, 3.8) is 0 Å². The number of phenols is 1. The molecule has 0 radical (unpaired) electrons. The molecule has 0 aliphatic rings. The lowest BCUT2D eigenvalue weighted by molar-refractivity contribution is -0.127. The monoisotopic (exact) mass is 294 g/mol. The second kappa shape index (κ2) is 8.57. The number of nitrogens with one attached hydrogen (secondary N) is 2. The maximum absolute atomic E-state index is 11.6. The first kappa shape index (κ1) is 16.5. The normalized spacial score (nSPS) is 9.76. The van der Waals surface area contributed by atoms with Crippen molar-refractivity contribution < 1.29 is 24.2 Å². The Labute approximate surface area is 122 Å². The molecule has 1 rings (SSSR count). The second-order valence-corrected chi connectivity index (χ2v) is 4.22. The van der Waals surface area contributed by atoms with Crippen LogP contribution in [0.5, 0.6) is 5.75 Å². The third-order valence-electron chi connectivity index (χ3n) is 2.48. The van der Waals surface area contributed by atoms with Gasteiger partial charge in [-0.1, -0.05) is 19.1 Å². The van der Waals surface area contributed by atoms with Crippen molar-refractivity contribution in [2.75, 3.05) is 19.7 Å². The quantitative estimate of drug-likeness (QED) is 0.623. The average Bonchev–Trinajstić information content (AvgIpc) is 2.48. The smallest absolute Gasteiger partial charge is 0.342 e. The Morgan fingerprint density at radius 1 is 1.14 bits per heavy atom. The maximum Gasteiger partial charge on any atom is 0.342 e. The second-order valence-electron chi connectivity index (χ2n) is 4.22. The van der Waals surface area contributed by atoms with Gasteiger partial charge in [-0.3, -0.25) is 9.59 Å². The van der Waals surface area contributed by atoms with Crippen LogP contribution in [-0.2, 0) is 14.3 Å². The summed E-state index contributed by atoms with van der Waals surface area (Å²) in [7, 11) is 0. The molecule has 0 aliphatic carbocycles. The summed E-state index contributed by atoms with van der Waals surface area (Å²) in [5.74, 6) is -1.93. The molecule has 0 saturated heterocycles. The molecule has 0 aliphatic heterocycles. The van der Waals surface area contributed by atoms with Crippen LogP contribution < -0.4 is 10.6 Å². The Hall–Kier alpha value is -2.57. The zero-order valence-electron chi connectivity index (χ0n) is 11.7. The molecule has 0 saturated carbocycles. The van der Waals surface area contributed by atoms with Crippen LogP contribution in [0.15, 0.2) is 24.3 Å². The number of benzene rings is 1. The number of hydrogen-bond donors (Lipinski definition) is 3. The van der Waals surface area contributed by atoms with Gasteiger partial charge in [0.05, 0.1) is 6.54 Å². The first-order valence-corrected chi connectivity index (χ1v) is 6.53. The zero-order chi connectivity index (χ0) is 15.7. The van der Waals surface area contributed by atoms with Crippen LogP contribution in [0.1, 0.15) is 23.7 Å². The van der Waals surface area contributed by atoms with Gasteiger partial charge in [-0.05, 0) is 18.6 Å². The van der Waals surface area contributed by atoms with Crippen molar-refractivity contribution in [3.8, 4) is 5.75 Å². The predicted molar refractivity (Wildman–Crippen MR) is 74.7 cm³/mol. The topological polar surface area (TPSA) is 105 Å². The molecule has 1 aromatic rings. The molecule has 114 valence electrons.